The minimum absolute atomic E-state index is 0.0363. The number of nitrogens with zero attached hydrogens (tertiary/aromatic N) is 4. The van der Waals surface area contributed by atoms with Gasteiger partial charge in [-0.25, -0.2) is 0 Å². The summed E-state index contributed by atoms with van der Waals surface area (Å²) < 4.78 is 44.3. The first kappa shape index (κ1) is 23.5. The maximum atomic E-state index is 13.0. The van der Waals surface area contributed by atoms with E-state index in [9.17, 15) is 18.0 Å². The molecule has 0 unspecified atom stereocenters. The van der Waals surface area contributed by atoms with Crippen LogP contribution in [0.2, 0.25) is 5.02 Å². The van der Waals surface area contributed by atoms with Gasteiger partial charge in [-0.05, 0) is 25.1 Å². The second kappa shape index (κ2) is 9.54. The van der Waals surface area contributed by atoms with E-state index in [0.717, 1.165) is 12.1 Å². The number of halogens is 4. The molecule has 31 heavy (non-hydrogen) atoms. The molecular weight excluding hydrogens is 435 g/mol. The Labute approximate surface area is 183 Å². The summed E-state index contributed by atoms with van der Waals surface area (Å²) in [7, 11) is 0. The van der Waals surface area contributed by atoms with Crippen LogP contribution in [0.25, 0.3) is 0 Å². The van der Waals surface area contributed by atoms with Crippen molar-refractivity contribution in [2.45, 2.75) is 38.9 Å². The fraction of sp³-hybridized carbons (Fsp3) is 0.550. The summed E-state index contributed by atoms with van der Waals surface area (Å²) in [6.45, 7) is 8.76. The smallest absolute Gasteiger partial charge is 0.338 e. The van der Waals surface area contributed by atoms with E-state index >= 15 is 0 Å². The van der Waals surface area contributed by atoms with Crippen LogP contribution in [-0.4, -0.2) is 58.6 Å². The van der Waals surface area contributed by atoms with Gasteiger partial charge < -0.3 is 9.84 Å². The summed E-state index contributed by atoms with van der Waals surface area (Å²) >= 11 is 5.61. The van der Waals surface area contributed by atoms with Gasteiger partial charge in [-0.15, -0.1) is 0 Å². The predicted octanol–water partition coefficient (Wildman–Crippen LogP) is 4.18. The normalized spacial score (nSPS) is 17.2. The largest absolute Gasteiger partial charge is 0.417 e. The Kier molecular flexibility index (Phi) is 7.23. The van der Waals surface area contributed by atoms with Gasteiger partial charge in [0.25, 0.3) is 0 Å². The minimum atomic E-state index is -4.58. The van der Waals surface area contributed by atoms with Gasteiger partial charge in [0.1, 0.15) is 0 Å². The van der Waals surface area contributed by atoms with Crippen molar-refractivity contribution in [3.63, 3.8) is 0 Å². The summed E-state index contributed by atoms with van der Waals surface area (Å²) in [6, 6.07) is 3.29. The van der Waals surface area contributed by atoms with Crippen LogP contribution in [0.3, 0.4) is 0 Å². The molecule has 1 atom stereocenters. The lowest BCUT2D eigenvalue weighted by molar-refractivity contribution is -0.137. The summed E-state index contributed by atoms with van der Waals surface area (Å²) in [5, 5.41) is 6.11. The minimum Gasteiger partial charge on any atom is -0.338 e. The van der Waals surface area contributed by atoms with E-state index in [1.807, 2.05) is 25.7 Å². The lowest BCUT2D eigenvalue weighted by Gasteiger charge is -2.36. The Morgan fingerprint density at radius 3 is 2.48 bits per heavy atom. The number of benzene rings is 1. The van der Waals surface area contributed by atoms with Crippen molar-refractivity contribution in [1.29, 1.82) is 0 Å². The number of rotatable bonds is 6. The predicted molar refractivity (Wildman–Crippen MR) is 110 cm³/mol. The molecule has 0 saturated carbocycles. The van der Waals surface area contributed by atoms with Crippen LogP contribution in [0.4, 0.5) is 18.9 Å². The van der Waals surface area contributed by atoms with Gasteiger partial charge in [0, 0.05) is 37.8 Å². The first-order chi connectivity index (χ1) is 14.5. The van der Waals surface area contributed by atoms with E-state index in [1.54, 1.807) is 0 Å². The third-order valence-electron chi connectivity index (χ3n) is 5.21. The topological polar surface area (TPSA) is 74.5 Å². The number of piperazine rings is 1. The number of carbonyl (C=O) groups excluding carboxylic acids is 1. The lowest BCUT2D eigenvalue weighted by atomic mass is 10.2. The van der Waals surface area contributed by atoms with Gasteiger partial charge in [0.2, 0.25) is 11.8 Å². The fourth-order valence-electron chi connectivity index (χ4n) is 3.34. The summed E-state index contributed by atoms with van der Waals surface area (Å²) in [4.78, 5) is 20.9. The highest BCUT2D eigenvalue weighted by Gasteiger charge is 2.33. The molecule has 1 N–H and O–H groups in total. The van der Waals surface area contributed by atoms with Gasteiger partial charge in [-0.2, -0.15) is 18.2 Å². The molecule has 1 aromatic carbocycles. The molecule has 1 saturated heterocycles. The third-order valence-corrected chi connectivity index (χ3v) is 5.54. The molecule has 0 radical (unpaired) electrons. The molecule has 1 aliphatic heterocycles. The highest BCUT2D eigenvalue weighted by atomic mass is 35.5. The Hall–Kier alpha value is -2.17. The molecule has 3 rings (SSSR count). The molecule has 0 bridgehead atoms. The van der Waals surface area contributed by atoms with Crippen molar-refractivity contribution in [2.75, 3.05) is 38.0 Å². The van der Waals surface area contributed by atoms with Crippen molar-refractivity contribution in [2.24, 2.45) is 0 Å². The molecule has 1 fully saturated rings. The maximum absolute atomic E-state index is 13.0. The zero-order valence-corrected chi connectivity index (χ0v) is 18.3. The average Bonchev–Trinajstić information content (AvgIpc) is 3.19. The molecule has 11 heteroatoms. The number of amides is 1. The number of alkyl halides is 3. The van der Waals surface area contributed by atoms with Crippen LogP contribution in [0.5, 0.6) is 0 Å². The standard InChI is InChI=1S/C20H25ClF3N5O2/c1-12(2)18-26-19(31-27-18)13(3)29-8-6-28(7-9-29)11-17(30)25-14-4-5-16(21)15(10-14)20(22,23)24/h4-5,10,12-13H,6-9,11H2,1-3H3,(H,25,30)/t13-/m0/s1. The number of hydrogen-bond acceptors (Lipinski definition) is 6. The van der Waals surface area contributed by atoms with E-state index in [-0.39, 0.29) is 30.1 Å². The van der Waals surface area contributed by atoms with Crippen LogP contribution in [-0.2, 0) is 11.0 Å². The molecular formula is C20H25ClF3N5O2. The van der Waals surface area contributed by atoms with Crippen molar-refractivity contribution >= 4 is 23.2 Å². The fourth-order valence-corrected chi connectivity index (χ4v) is 3.56. The Morgan fingerprint density at radius 1 is 1.23 bits per heavy atom. The van der Waals surface area contributed by atoms with Crippen LogP contribution in [0, 0.1) is 0 Å². The number of carbonyl (C=O) groups is 1. The maximum Gasteiger partial charge on any atom is 0.417 e. The molecule has 2 aromatic rings. The zero-order chi connectivity index (χ0) is 22.8. The van der Waals surface area contributed by atoms with Crippen LogP contribution >= 0.6 is 11.6 Å². The summed E-state index contributed by atoms with van der Waals surface area (Å²) in [5.74, 6) is 1.05. The molecule has 1 aliphatic rings. The number of aromatic nitrogens is 2. The van der Waals surface area contributed by atoms with E-state index in [4.69, 9.17) is 16.1 Å². The van der Waals surface area contributed by atoms with Gasteiger partial charge in [0.15, 0.2) is 5.82 Å². The Balaban J connectivity index is 1.51. The lowest BCUT2D eigenvalue weighted by Crippen LogP contribution is -2.49. The van der Waals surface area contributed by atoms with Gasteiger partial charge in [-0.3, -0.25) is 14.6 Å². The molecule has 7 nitrogen and oxygen atoms in total. The highest BCUT2D eigenvalue weighted by Crippen LogP contribution is 2.36. The molecule has 1 amide bonds. The molecule has 170 valence electrons. The van der Waals surface area contributed by atoms with Crippen molar-refractivity contribution < 1.29 is 22.5 Å². The molecule has 0 aliphatic carbocycles. The summed E-state index contributed by atoms with van der Waals surface area (Å²) in [6.07, 6.45) is -4.58. The van der Waals surface area contributed by atoms with E-state index < -0.39 is 16.8 Å². The van der Waals surface area contributed by atoms with Gasteiger partial charge in [-0.1, -0.05) is 30.6 Å². The Bertz CT molecular complexity index is 910. The molecule has 1 aromatic heterocycles. The van der Waals surface area contributed by atoms with Crippen molar-refractivity contribution in [1.82, 2.24) is 19.9 Å². The average molecular weight is 460 g/mol. The SMILES string of the molecule is CC(C)c1noc([C@H](C)N2CCN(CC(=O)Nc3ccc(Cl)c(C(F)(F)F)c3)CC2)n1. The second-order valence-corrected chi connectivity index (χ2v) is 8.28. The van der Waals surface area contributed by atoms with Crippen LogP contribution < -0.4 is 5.32 Å². The first-order valence-electron chi connectivity index (χ1n) is 10.0. The van der Waals surface area contributed by atoms with Gasteiger partial charge >= 0.3 is 6.18 Å². The van der Waals surface area contributed by atoms with Crippen molar-refractivity contribution in [3.8, 4) is 0 Å². The number of anilines is 1. The first-order valence-corrected chi connectivity index (χ1v) is 10.4. The van der Waals surface area contributed by atoms with Crippen LogP contribution in [0.15, 0.2) is 22.7 Å². The van der Waals surface area contributed by atoms with Gasteiger partial charge in [0.05, 0.1) is 23.2 Å². The second-order valence-electron chi connectivity index (χ2n) is 7.87. The van der Waals surface area contributed by atoms with E-state index in [1.165, 1.54) is 6.07 Å². The monoisotopic (exact) mass is 459 g/mol. The Morgan fingerprint density at radius 2 is 1.90 bits per heavy atom. The van der Waals surface area contributed by atoms with E-state index in [2.05, 4.69) is 20.4 Å². The third kappa shape index (κ3) is 5.96. The zero-order valence-electron chi connectivity index (χ0n) is 17.5. The number of hydrogen-bond donors (Lipinski definition) is 1. The van der Waals surface area contributed by atoms with Crippen molar-refractivity contribution in [3.05, 3.63) is 40.5 Å². The summed E-state index contributed by atoms with van der Waals surface area (Å²) in [5.41, 5.74) is -0.914. The highest BCUT2D eigenvalue weighted by molar-refractivity contribution is 6.31. The number of nitrogens with one attached hydrogen (secondary N) is 1. The quantitative estimate of drug-likeness (QED) is 0.698. The van der Waals surface area contributed by atoms with E-state index in [0.29, 0.717) is 37.9 Å². The molecule has 0 spiro atoms. The molecule has 2 heterocycles. The van der Waals surface area contributed by atoms with Crippen LogP contribution in [0.1, 0.15) is 50.0 Å².